The molecule has 8 heteroatoms. The number of hydrogen-bond acceptors (Lipinski definition) is 5. The zero-order chi connectivity index (χ0) is 20.5. The third-order valence-corrected chi connectivity index (χ3v) is 8.15. The minimum absolute atomic E-state index is 0.146. The third-order valence-electron chi connectivity index (χ3n) is 5.15. The Kier molecular flexibility index (Phi) is 5.89. The topological polar surface area (TPSA) is 90.3 Å². The number of carbonyl (C=O) groups excluding carboxylic acids is 1. The fourth-order valence-corrected chi connectivity index (χ4v) is 5.84. The second kappa shape index (κ2) is 8.03. The monoisotopic (exact) mass is 417 g/mol. The van der Waals surface area contributed by atoms with Crippen LogP contribution in [0.2, 0.25) is 0 Å². The fourth-order valence-electron chi connectivity index (χ4n) is 3.30. The van der Waals surface area contributed by atoms with Crippen molar-refractivity contribution in [3.63, 3.8) is 0 Å². The number of carbonyl (C=O) groups is 1. The third kappa shape index (κ3) is 3.97. The Morgan fingerprint density at radius 3 is 2.57 bits per heavy atom. The Morgan fingerprint density at radius 2 is 1.93 bits per heavy atom. The van der Waals surface area contributed by atoms with E-state index in [0.717, 1.165) is 16.0 Å². The molecule has 0 spiro atoms. The molecule has 1 saturated heterocycles. The van der Waals surface area contributed by atoms with Gasteiger partial charge in [-0.2, -0.15) is 9.57 Å². The number of nitriles is 1. The number of benzene rings is 1. The highest BCUT2D eigenvalue weighted by Crippen LogP contribution is 2.33. The van der Waals surface area contributed by atoms with Gasteiger partial charge in [0.05, 0.1) is 16.4 Å². The minimum atomic E-state index is -3.63. The zero-order valence-corrected chi connectivity index (χ0v) is 17.8. The molecule has 2 aromatic rings. The molecule has 1 aromatic carbocycles. The van der Waals surface area contributed by atoms with Crippen molar-refractivity contribution in [2.75, 3.05) is 18.4 Å². The molecule has 1 fully saturated rings. The van der Waals surface area contributed by atoms with Crippen LogP contribution >= 0.6 is 11.3 Å². The molecule has 2 heterocycles. The minimum Gasteiger partial charge on any atom is -0.316 e. The number of hydrogen-bond donors (Lipinski definition) is 1. The predicted molar refractivity (Wildman–Crippen MR) is 110 cm³/mol. The molecule has 0 aliphatic carbocycles. The van der Waals surface area contributed by atoms with Gasteiger partial charge in [-0.3, -0.25) is 4.79 Å². The van der Waals surface area contributed by atoms with Crippen LogP contribution in [0, 0.1) is 38.0 Å². The Labute approximate surface area is 169 Å². The standard InChI is InChI=1S/C20H23N3O3S2/c1-13-6-8-17(9-7-13)28(25,26)23-10-4-5-16(12-23)19(24)22-20-18(11-21)14(2)15(3)27-20/h6-9,16H,4-5,10,12H2,1-3H3,(H,22,24). The second-order valence-corrected chi connectivity index (χ2v) is 10.3. The summed E-state index contributed by atoms with van der Waals surface area (Å²) in [5, 5.41) is 12.7. The van der Waals surface area contributed by atoms with Crippen molar-refractivity contribution < 1.29 is 13.2 Å². The first-order valence-electron chi connectivity index (χ1n) is 9.12. The molecule has 0 saturated carbocycles. The maximum Gasteiger partial charge on any atom is 0.243 e. The summed E-state index contributed by atoms with van der Waals surface area (Å²) < 4.78 is 27.2. The van der Waals surface area contributed by atoms with Crippen molar-refractivity contribution in [2.24, 2.45) is 5.92 Å². The number of thiophene rings is 1. The van der Waals surface area contributed by atoms with Crippen LogP contribution in [0.25, 0.3) is 0 Å². The number of nitrogens with zero attached hydrogens (tertiary/aromatic N) is 2. The molecular weight excluding hydrogens is 394 g/mol. The maximum absolute atomic E-state index is 12.9. The molecule has 0 bridgehead atoms. The number of piperidine rings is 1. The van der Waals surface area contributed by atoms with E-state index in [9.17, 15) is 18.5 Å². The van der Waals surface area contributed by atoms with Crippen molar-refractivity contribution >= 4 is 32.3 Å². The van der Waals surface area contributed by atoms with E-state index in [1.807, 2.05) is 20.8 Å². The first kappa shape index (κ1) is 20.5. The molecule has 1 aromatic heterocycles. The number of amides is 1. The molecule has 1 amide bonds. The number of anilines is 1. The van der Waals surface area contributed by atoms with E-state index in [1.165, 1.54) is 15.6 Å². The molecule has 3 rings (SSSR count). The van der Waals surface area contributed by atoms with Crippen LogP contribution in [-0.4, -0.2) is 31.7 Å². The molecule has 0 radical (unpaired) electrons. The molecule has 1 unspecified atom stereocenters. The number of sulfonamides is 1. The Hall–Kier alpha value is -2.21. The van der Waals surface area contributed by atoms with Gasteiger partial charge >= 0.3 is 0 Å². The Balaban J connectivity index is 1.76. The van der Waals surface area contributed by atoms with Crippen molar-refractivity contribution in [3.05, 3.63) is 45.8 Å². The van der Waals surface area contributed by atoms with Crippen molar-refractivity contribution in [1.82, 2.24) is 4.31 Å². The summed E-state index contributed by atoms with van der Waals surface area (Å²) in [4.78, 5) is 14.0. The summed E-state index contributed by atoms with van der Waals surface area (Å²) in [6, 6.07) is 8.88. The van der Waals surface area contributed by atoms with Gasteiger partial charge in [0.1, 0.15) is 11.1 Å². The molecule has 6 nitrogen and oxygen atoms in total. The van der Waals surface area contributed by atoms with Crippen molar-refractivity contribution in [1.29, 1.82) is 5.26 Å². The summed E-state index contributed by atoms with van der Waals surface area (Å²) in [6.45, 7) is 6.22. The predicted octanol–water partition coefficient (Wildman–Crippen LogP) is 3.58. The van der Waals surface area contributed by atoms with E-state index in [-0.39, 0.29) is 17.3 Å². The van der Waals surface area contributed by atoms with Gasteiger partial charge in [0.25, 0.3) is 0 Å². The lowest BCUT2D eigenvalue weighted by molar-refractivity contribution is -0.120. The molecular formula is C20H23N3O3S2. The van der Waals surface area contributed by atoms with Crippen LogP contribution < -0.4 is 5.32 Å². The van der Waals surface area contributed by atoms with Crippen LogP contribution in [0.3, 0.4) is 0 Å². The summed E-state index contributed by atoms with van der Waals surface area (Å²) in [7, 11) is -3.63. The van der Waals surface area contributed by atoms with E-state index in [4.69, 9.17) is 0 Å². The van der Waals surface area contributed by atoms with Crippen molar-refractivity contribution in [2.45, 2.75) is 38.5 Å². The lowest BCUT2D eigenvalue weighted by atomic mass is 9.99. The quantitative estimate of drug-likeness (QED) is 0.823. The molecule has 28 heavy (non-hydrogen) atoms. The number of aryl methyl sites for hydroxylation is 2. The number of nitrogens with one attached hydrogen (secondary N) is 1. The van der Waals surface area contributed by atoms with Gasteiger partial charge in [-0.1, -0.05) is 17.7 Å². The molecule has 1 atom stereocenters. The van der Waals surface area contributed by atoms with Gasteiger partial charge < -0.3 is 5.32 Å². The van der Waals surface area contributed by atoms with Crippen LogP contribution in [-0.2, 0) is 14.8 Å². The zero-order valence-electron chi connectivity index (χ0n) is 16.2. The van der Waals surface area contributed by atoms with Crippen LogP contribution in [0.4, 0.5) is 5.00 Å². The highest BCUT2D eigenvalue weighted by atomic mass is 32.2. The van der Waals surface area contributed by atoms with Gasteiger partial charge in [-0.15, -0.1) is 11.3 Å². The first-order chi connectivity index (χ1) is 13.2. The van der Waals surface area contributed by atoms with Crippen molar-refractivity contribution in [3.8, 4) is 6.07 Å². The molecule has 148 valence electrons. The normalized spacial score (nSPS) is 17.9. The molecule has 1 aliphatic heterocycles. The van der Waals surface area contributed by atoms with Gasteiger partial charge in [0, 0.05) is 18.0 Å². The maximum atomic E-state index is 12.9. The van der Waals surface area contributed by atoms with Gasteiger partial charge in [-0.25, -0.2) is 8.42 Å². The average molecular weight is 418 g/mol. The van der Waals surface area contributed by atoms with Crippen LogP contribution in [0.1, 0.15) is 34.4 Å². The summed E-state index contributed by atoms with van der Waals surface area (Å²) in [5.41, 5.74) is 2.34. The SMILES string of the molecule is Cc1ccc(S(=O)(=O)N2CCCC(C(=O)Nc3sc(C)c(C)c3C#N)C2)cc1. The molecule has 1 aliphatic rings. The number of rotatable bonds is 4. The summed E-state index contributed by atoms with van der Waals surface area (Å²) >= 11 is 1.38. The smallest absolute Gasteiger partial charge is 0.243 e. The Bertz CT molecular complexity index is 1030. The lowest BCUT2D eigenvalue weighted by Gasteiger charge is -2.31. The van der Waals surface area contributed by atoms with Gasteiger partial charge in [-0.05, 0) is 51.3 Å². The highest BCUT2D eigenvalue weighted by Gasteiger charge is 2.33. The van der Waals surface area contributed by atoms with E-state index in [2.05, 4.69) is 11.4 Å². The first-order valence-corrected chi connectivity index (χ1v) is 11.4. The fraction of sp³-hybridized carbons (Fsp3) is 0.400. The van der Waals surface area contributed by atoms with E-state index < -0.39 is 15.9 Å². The summed E-state index contributed by atoms with van der Waals surface area (Å²) in [6.07, 6.45) is 1.24. The van der Waals surface area contributed by atoms with E-state index >= 15 is 0 Å². The Morgan fingerprint density at radius 1 is 1.25 bits per heavy atom. The summed E-state index contributed by atoms with van der Waals surface area (Å²) in [5.74, 6) is -0.676. The lowest BCUT2D eigenvalue weighted by Crippen LogP contribution is -2.43. The van der Waals surface area contributed by atoms with E-state index in [1.54, 1.807) is 24.3 Å². The van der Waals surface area contributed by atoms with Gasteiger partial charge in [0.15, 0.2) is 0 Å². The second-order valence-electron chi connectivity index (χ2n) is 7.10. The highest BCUT2D eigenvalue weighted by molar-refractivity contribution is 7.89. The van der Waals surface area contributed by atoms with Crippen LogP contribution in [0.15, 0.2) is 29.2 Å². The van der Waals surface area contributed by atoms with Crippen LogP contribution in [0.5, 0.6) is 0 Å². The molecule has 1 N–H and O–H groups in total. The van der Waals surface area contributed by atoms with Gasteiger partial charge in [0.2, 0.25) is 15.9 Å². The average Bonchev–Trinajstić information content (AvgIpc) is 2.95. The van der Waals surface area contributed by atoms with E-state index in [0.29, 0.717) is 30.0 Å². The largest absolute Gasteiger partial charge is 0.316 e.